The van der Waals surface area contributed by atoms with E-state index in [0.717, 1.165) is 16.8 Å². The van der Waals surface area contributed by atoms with Crippen molar-refractivity contribution in [3.05, 3.63) is 78.2 Å². The number of hydrogen-bond acceptors (Lipinski definition) is 7. The van der Waals surface area contributed by atoms with E-state index in [4.69, 9.17) is 9.84 Å². The maximum absolute atomic E-state index is 13.3. The van der Waals surface area contributed by atoms with Crippen molar-refractivity contribution in [2.75, 3.05) is 30.0 Å². The zero-order valence-electron chi connectivity index (χ0n) is 20.5. The molecule has 1 aromatic carbocycles. The zero-order chi connectivity index (χ0) is 25.9. The van der Waals surface area contributed by atoms with E-state index in [0.29, 0.717) is 48.2 Å². The Morgan fingerprint density at radius 3 is 2.65 bits per heavy atom. The van der Waals surface area contributed by atoms with Crippen LogP contribution in [-0.4, -0.2) is 56.9 Å². The molecular formula is C27H26N6O4. The molecule has 5 rings (SSSR count). The predicted molar refractivity (Wildman–Crippen MR) is 138 cm³/mol. The Kier molecular flexibility index (Phi) is 6.55. The van der Waals surface area contributed by atoms with Gasteiger partial charge in [-0.3, -0.25) is 14.3 Å². The lowest BCUT2D eigenvalue weighted by Crippen LogP contribution is -2.25. The smallest absolute Gasteiger partial charge is 0.325 e. The highest BCUT2D eigenvalue weighted by atomic mass is 16.5. The summed E-state index contributed by atoms with van der Waals surface area (Å²) in [6, 6.07) is 14.8. The van der Waals surface area contributed by atoms with E-state index < -0.39 is 5.97 Å². The van der Waals surface area contributed by atoms with Gasteiger partial charge in [0.2, 0.25) is 0 Å². The summed E-state index contributed by atoms with van der Waals surface area (Å²) in [5.41, 5.74) is 3.74. The van der Waals surface area contributed by atoms with Crippen molar-refractivity contribution < 1.29 is 19.4 Å². The Morgan fingerprint density at radius 1 is 1.08 bits per heavy atom. The van der Waals surface area contributed by atoms with E-state index in [1.54, 1.807) is 36.6 Å². The number of aromatic nitrogens is 4. The molecular weight excluding hydrogens is 472 g/mol. The average Bonchev–Trinajstić information content (AvgIpc) is 3.34. The molecule has 4 heterocycles. The van der Waals surface area contributed by atoms with E-state index in [1.807, 2.05) is 54.3 Å². The van der Waals surface area contributed by atoms with E-state index in [9.17, 15) is 9.59 Å². The van der Waals surface area contributed by atoms with E-state index in [1.165, 1.54) is 4.68 Å². The molecule has 1 aliphatic heterocycles. The second-order valence-corrected chi connectivity index (χ2v) is 8.58. The molecule has 0 saturated heterocycles. The van der Waals surface area contributed by atoms with E-state index in [2.05, 4.69) is 15.1 Å². The summed E-state index contributed by atoms with van der Waals surface area (Å²) >= 11 is 0. The van der Waals surface area contributed by atoms with Gasteiger partial charge in [-0.25, -0.2) is 9.97 Å². The minimum absolute atomic E-state index is 0.128. The number of ether oxygens (including phenoxy) is 1. The largest absolute Gasteiger partial charge is 0.493 e. The van der Waals surface area contributed by atoms with E-state index >= 15 is 0 Å². The van der Waals surface area contributed by atoms with Crippen molar-refractivity contribution in [1.29, 1.82) is 0 Å². The fraction of sp³-hybridized carbons (Fsp3) is 0.222. The lowest BCUT2D eigenvalue weighted by Gasteiger charge is -2.22. The van der Waals surface area contributed by atoms with Crippen molar-refractivity contribution in [3.63, 3.8) is 0 Å². The van der Waals surface area contributed by atoms with Gasteiger partial charge in [-0.1, -0.05) is 0 Å². The number of carboxylic acids is 1. The number of fused-ring (bicyclic) bond motifs is 2. The van der Waals surface area contributed by atoms with Crippen LogP contribution in [0.25, 0.3) is 11.3 Å². The SMILES string of the molecule is CCN1c2ncc(CCOc3ccc(-c4ccn(CC(=O)O)n4)cc3)cc2C(=O)N(C)c2cccnc21. The van der Waals surface area contributed by atoms with Gasteiger partial charge in [-0.15, -0.1) is 0 Å². The number of rotatable bonds is 8. The maximum Gasteiger partial charge on any atom is 0.325 e. The highest BCUT2D eigenvalue weighted by molar-refractivity contribution is 6.12. The molecule has 10 nitrogen and oxygen atoms in total. The summed E-state index contributed by atoms with van der Waals surface area (Å²) in [4.78, 5) is 36.8. The molecule has 0 saturated carbocycles. The van der Waals surface area contributed by atoms with Crippen molar-refractivity contribution in [3.8, 4) is 17.0 Å². The van der Waals surface area contributed by atoms with Crippen LogP contribution in [-0.2, 0) is 17.8 Å². The third-order valence-corrected chi connectivity index (χ3v) is 6.16. The summed E-state index contributed by atoms with van der Waals surface area (Å²) in [6.07, 6.45) is 5.72. The number of carboxylic acid groups (broad SMARTS) is 1. The Morgan fingerprint density at radius 2 is 1.89 bits per heavy atom. The molecule has 0 spiro atoms. The number of amides is 1. The van der Waals surface area contributed by atoms with Crippen molar-refractivity contribution in [1.82, 2.24) is 19.7 Å². The molecule has 0 atom stereocenters. The highest BCUT2D eigenvalue weighted by Gasteiger charge is 2.30. The summed E-state index contributed by atoms with van der Waals surface area (Å²) in [5, 5.41) is 13.2. The fourth-order valence-corrected chi connectivity index (χ4v) is 4.31. The first-order valence-electron chi connectivity index (χ1n) is 11.9. The second kappa shape index (κ2) is 10.1. The van der Waals surface area contributed by atoms with Gasteiger partial charge in [0.1, 0.15) is 18.1 Å². The Balaban J connectivity index is 1.26. The number of aliphatic carboxylic acids is 1. The van der Waals surface area contributed by atoms with Gasteiger partial charge in [0.25, 0.3) is 5.91 Å². The zero-order valence-corrected chi connectivity index (χ0v) is 20.5. The van der Waals surface area contributed by atoms with Crippen LogP contribution < -0.4 is 14.5 Å². The number of nitrogens with zero attached hydrogens (tertiary/aromatic N) is 6. The average molecular weight is 499 g/mol. The minimum atomic E-state index is -0.941. The van der Waals surface area contributed by atoms with Crippen molar-refractivity contribution in [2.24, 2.45) is 0 Å². The molecule has 1 amide bonds. The molecule has 3 aromatic heterocycles. The second-order valence-electron chi connectivity index (χ2n) is 8.58. The van der Waals surface area contributed by atoms with Crippen molar-refractivity contribution >= 4 is 29.2 Å². The lowest BCUT2D eigenvalue weighted by molar-refractivity contribution is -0.137. The quantitative estimate of drug-likeness (QED) is 0.390. The summed E-state index contributed by atoms with van der Waals surface area (Å²) in [7, 11) is 1.75. The Labute approximate surface area is 213 Å². The summed E-state index contributed by atoms with van der Waals surface area (Å²) in [5.74, 6) is 0.940. The van der Waals surface area contributed by atoms with Crippen LogP contribution in [0.15, 0.2) is 67.1 Å². The van der Waals surface area contributed by atoms with Crippen LogP contribution in [0.1, 0.15) is 22.8 Å². The maximum atomic E-state index is 13.3. The fourth-order valence-electron chi connectivity index (χ4n) is 4.31. The van der Waals surface area contributed by atoms with Crippen LogP contribution in [0.4, 0.5) is 17.3 Å². The first-order chi connectivity index (χ1) is 17.9. The highest BCUT2D eigenvalue weighted by Crippen LogP contribution is 2.37. The first-order valence-corrected chi connectivity index (χ1v) is 11.9. The van der Waals surface area contributed by atoms with Gasteiger partial charge in [-0.05, 0) is 61.0 Å². The number of carbonyl (C=O) groups excluding carboxylic acids is 1. The lowest BCUT2D eigenvalue weighted by atomic mass is 10.1. The van der Waals surface area contributed by atoms with Gasteiger partial charge in [-0.2, -0.15) is 5.10 Å². The van der Waals surface area contributed by atoms with Crippen LogP contribution >= 0.6 is 0 Å². The number of carbonyl (C=O) groups is 2. The molecule has 0 aliphatic carbocycles. The van der Waals surface area contributed by atoms with Crippen LogP contribution in [0, 0.1) is 0 Å². The normalized spacial score (nSPS) is 12.6. The van der Waals surface area contributed by atoms with E-state index in [-0.39, 0.29) is 12.5 Å². The Bertz CT molecular complexity index is 1450. The first kappa shape index (κ1) is 24.0. The predicted octanol–water partition coefficient (Wildman–Crippen LogP) is 3.79. The monoisotopic (exact) mass is 498 g/mol. The van der Waals surface area contributed by atoms with Crippen LogP contribution in [0.5, 0.6) is 5.75 Å². The number of pyridine rings is 2. The number of anilines is 3. The molecule has 0 bridgehead atoms. The molecule has 37 heavy (non-hydrogen) atoms. The number of hydrogen-bond donors (Lipinski definition) is 1. The third kappa shape index (κ3) is 4.86. The van der Waals surface area contributed by atoms with Gasteiger partial charge in [0.15, 0.2) is 5.82 Å². The minimum Gasteiger partial charge on any atom is -0.493 e. The van der Waals surface area contributed by atoms with Gasteiger partial charge >= 0.3 is 5.97 Å². The molecule has 0 fully saturated rings. The van der Waals surface area contributed by atoms with Gasteiger partial charge in [0, 0.05) is 44.2 Å². The molecule has 1 aliphatic rings. The number of benzene rings is 1. The molecule has 0 unspecified atom stereocenters. The van der Waals surface area contributed by atoms with Gasteiger partial charge < -0.3 is 19.6 Å². The standard InChI is InChI=1S/C27H26N6O4/c1-3-33-25-21(27(36)31(2)23-5-4-12-28-26(23)33)15-18(16-29-25)11-14-37-20-8-6-19(7-9-20)22-10-13-32(30-22)17-24(34)35/h4-10,12-13,15-16H,3,11,14,17H2,1-2H3,(H,34,35). The molecule has 188 valence electrons. The summed E-state index contributed by atoms with van der Waals surface area (Å²) in [6.45, 7) is 2.87. The molecule has 1 N–H and O–H groups in total. The topological polar surface area (TPSA) is 114 Å². The van der Waals surface area contributed by atoms with Crippen LogP contribution in [0.2, 0.25) is 0 Å². The molecule has 10 heteroatoms. The molecule has 0 radical (unpaired) electrons. The van der Waals surface area contributed by atoms with Crippen LogP contribution in [0.3, 0.4) is 0 Å². The Hall–Kier alpha value is -4.73. The third-order valence-electron chi connectivity index (χ3n) is 6.16. The summed E-state index contributed by atoms with van der Waals surface area (Å²) < 4.78 is 7.30. The van der Waals surface area contributed by atoms with Crippen molar-refractivity contribution in [2.45, 2.75) is 19.9 Å². The molecule has 4 aromatic rings. The van der Waals surface area contributed by atoms with Gasteiger partial charge in [0.05, 0.1) is 23.6 Å².